The van der Waals surface area contributed by atoms with E-state index in [1.165, 1.54) is 0 Å². The van der Waals surface area contributed by atoms with Crippen LogP contribution in [0, 0.1) is 19.8 Å². The van der Waals surface area contributed by atoms with Crippen LogP contribution in [0.1, 0.15) is 46.0 Å². The van der Waals surface area contributed by atoms with Gasteiger partial charge in [0.25, 0.3) is 5.91 Å². The Bertz CT molecular complexity index is 726. The fourth-order valence-electron chi connectivity index (χ4n) is 3.47. The standard InChI is InChI=1S/C19H27N5O2/c1-13-18(14(2)26-22-13)19(25)24-7-5-15(6-8-24)9-16-10-21-17(11-20-16)12-23(3)4/h10-11,15H,5-9,12H2,1-4H3. The minimum atomic E-state index is 0.0348. The van der Waals surface area contributed by atoms with Crippen LogP contribution >= 0.6 is 0 Å². The maximum absolute atomic E-state index is 12.7. The van der Waals surface area contributed by atoms with E-state index in [9.17, 15) is 4.79 Å². The average molecular weight is 357 g/mol. The van der Waals surface area contributed by atoms with Gasteiger partial charge in [0.15, 0.2) is 0 Å². The smallest absolute Gasteiger partial charge is 0.259 e. The van der Waals surface area contributed by atoms with Gasteiger partial charge in [-0.05, 0) is 53.1 Å². The molecule has 7 nitrogen and oxygen atoms in total. The summed E-state index contributed by atoms with van der Waals surface area (Å²) in [7, 11) is 4.04. The van der Waals surface area contributed by atoms with Gasteiger partial charge in [-0.15, -0.1) is 0 Å². The summed E-state index contributed by atoms with van der Waals surface area (Å²) in [6, 6.07) is 0. The van der Waals surface area contributed by atoms with Crippen molar-refractivity contribution in [3.05, 3.63) is 40.8 Å². The summed E-state index contributed by atoms with van der Waals surface area (Å²) in [6.07, 6.45) is 6.64. The van der Waals surface area contributed by atoms with Crippen molar-refractivity contribution in [2.45, 2.75) is 39.7 Å². The highest BCUT2D eigenvalue weighted by atomic mass is 16.5. The number of amides is 1. The van der Waals surface area contributed by atoms with Crippen LogP contribution in [0.15, 0.2) is 16.9 Å². The van der Waals surface area contributed by atoms with E-state index >= 15 is 0 Å². The van der Waals surface area contributed by atoms with E-state index < -0.39 is 0 Å². The first-order chi connectivity index (χ1) is 12.4. The molecule has 0 saturated carbocycles. The number of piperidine rings is 1. The van der Waals surface area contributed by atoms with Crippen LogP contribution < -0.4 is 0 Å². The zero-order valence-corrected chi connectivity index (χ0v) is 16.0. The first-order valence-electron chi connectivity index (χ1n) is 9.10. The summed E-state index contributed by atoms with van der Waals surface area (Å²) in [6.45, 7) is 5.93. The van der Waals surface area contributed by atoms with Crippen molar-refractivity contribution >= 4 is 5.91 Å². The molecule has 2 aromatic rings. The van der Waals surface area contributed by atoms with Gasteiger partial charge < -0.3 is 14.3 Å². The summed E-state index contributed by atoms with van der Waals surface area (Å²) in [5.41, 5.74) is 3.30. The second-order valence-electron chi connectivity index (χ2n) is 7.38. The maximum Gasteiger partial charge on any atom is 0.259 e. The lowest BCUT2D eigenvalue weighted by atomic mass is 9.92. The van der Waals surface area contributed by atoms with E-state index in [-0.39, 0.29) is 5.91 Å². The summed E-state index contributed by atoms with van der Waals surface area (Å²) in [4.78, 5) is 25.7. The molecule has 26 heavy (non-hydrogen) atoms. The Morgan fingerprint density at radius 3 is 2.38 bits per heavy atom. The molecule has 0 aliphatic carbocycles. The molecule has 0 radical (unpaired) electrons. The highest BCUT2D eigenvalue weighted by Crippen LogP contribution is 2.23. The predicted molar refractivity (Wildman–Crippen MR) is 97.7 cm³/mol. The van der Waals surface area contributed by atoms with Gasteiger partial charge in [-0.25, -0.2) is 0 Å². The molecule has 2 aromatic heterocycles. The Balaban J connectivity index is 1.53. The SMILES string of the molecule is Cc1noc(C)c1C(=O)N1CCC(Cc2cnc(CN(C)C)cn2)CC1. The summed E-state index contributed by atoms with van der Waals surface area (Å²) in [5, 5.41) is 3.89. The molecule has 1 fully saturated rings. The number of carbonyl (C=O) groups is 1. The Hall–Kier alpha value is -2.28. The number of aromatic nitrogens is 3. The Morgan fingerprint density at radius 2 is 1.85 bits per heavy atom. The highest BCUT2D eigenvalue weighted by Gasteiger charge is 2.27. The molecule has 3 heterocycles. The molecular formula is C19H27N5O2. The molecule has 0 atom stereocenters. The van der Waals surface area contributed by atoms with E-state index in [0.717, 1.165) is 50.3 Å². The molecule has 0 N–H and O–H groups in total. The quantitative estimate of drug-likeness (QED) is 0.817. The molecule has 140 valence electrons. The van der Waals surface area contributed by atoms with Crippen molar-refractivity contribution in [3.63, 3.8) is 0 Å². The van der Waals surface area contributed by atoms with Gasteiger partial charge in [0.05, 0.1) is 23.3 Å². The Morgan fingerprint density at radius 1 is 1.19 bits per heavy atom. The van der Waals surface area contributed by atoms with E-state index in [4.69, 9.17) is 4.52 Å². The molecule has 3 rings (SSSR count). The third-order valence-corrected chi connectivity index (χ3v) is 4.88. The molecular weight excluding hydrogens is 330 g/mol. The van der Waals surface area contributed by atoms with Crippen LogP contribution in [0.4, 0.5) is 0 Å². The lowest BCUT2D eigenvalue weighted by molar-refractivity contribution is 0.0688. The van der Waals surface area contributed by atoms with Crippen molar-refractivity contribution in [1.29, 1.82) is 0 Å². The highest BCUT2D eigenvalue weighted by molar-refractivity contribution is 5.96. The fourth-order valence-corrected chi connectivity index (χ4v) is 3.47. The van der Waals surface area contributed by atoms with Crippen LogP contribution in [0.2, 0.25) is 0 Å². The number of hydrogen-bond acceptors (Lipinski definition) is 6. The van der Waals surface area contributed by atoms with Gasteiger partial charge in [0.2, 0.25) is 0 Å². The predicted octanol–water partition coefficient (Wildman–Crippen LogP) is 2.24. The largest absolute Gasteiger partial charge is 0.361 e. The van der Waals surface area contributed by atoms with Gasteiger partial charge >= 0.3 is 0 Å². The van der Waals surface area contributed by atoms with Crippen LogP contribution in [0.5, 0.6) is 0 Å². The molecule has 0 bridgehead atoms. The van der Waals surface area contributed by atoms with Gasteiger partial charge in [-0.2, -0.15) is 0 Å². The number of nitrogens with zero attached hydrogens (tertiary/aromatic N) is 5. The second kappa shape index (κ2) is 7.95. The molecule has 7 heteroatoms. The van der Waals surface area contributed by atoms with Gasteiger partial charge in [0.1, 0.15) is 11.3 Å². The molecule has 0 spiro atoms. The van der Waals surface area contributed by atoms with Crippen molar-refractivity contribution in [1.82, 2.24) is 24.9 Å². The Labute approximate surface area is 154 Å². The fraction of sp³-hybridized carbons (Fsp3) is 0.579. The van der Waals surface area contributed by atoms with Crippen molar-refractivity contribution < 1.29 is 9.32 Å². The zero-order valence-electron chi connectivity index (χ0n) is 16.0. The number of aryl methyl sites for hydroxylation is 2. The third kappa shape index (κ3) is 4.27. The van der Waals surface area contributed by atoms with E-state index in [1.54, 1.807) is 6.92 Å². The topological polar surface area (TPSA) is 75.4 Å². The lowest BCUT2D eigenvalue weighted by Gasteiger charge is -2.31. The van der Waals surface area contributed by atoms with Gasteiger partial charge in [-0.3, -0.25) is 14.8 Å². The first kappa shape index (κ1) is 18.5. The number of likely N-dealkylation sites (tertiary alicyclic amines) is 1. The van der Waals surface area contributed by atoms with Crippen molar-refractivity contribution in [3.8, 4) is 0 Å². The summed E-state index contributed by atoms with van der Waals surface area (Å²) >= 11 is 0. The first-order valence-corrected chi connectivity index (χ1v) is 9.10. The summed E-state index contributed by atoms with van der Waals surface area (Å²) in [5.74, 6) is 1.17. The van der Waals surface area contributed by atoms with Gasteiger partial charge in [0, 0.05) is 25.8 Å². The second-order valence-corrected chi connectivity index (χ2v) is 7.38. The van der Waals surface area contributed by atoms with Crippen molar-refractivity contribution in [2.24, 2.45) is 5.92 Å². The molecule has 0 aromatic carbocycles. The van der Waals surface area contributed by atoms with Crippen LogP contribution in [0.3, 0.4) is 0 Å². The number of hydrogen-bond donors (Lipinski definition) is 0. The monoisotopic (exact) mass is 357 g/mol. The zero-order chi connectivity index (χ0) is 18.7. The molecule has 0 unspecified atom stereocenters. The summed E-state index contributed by atoms with van der Waals surface area (Å²) < 4.78 is 5.13. The Kier molecular flexibility index (Phi) is 5.66. The molecule has 1 aliphatic heterocycles. The van der Waals surface area contributed by atoms with Crippen LogP contribution in [0.25, 0.3) is 0 Å². The minimum absolute atomic E-state index is 0.0348. The lowest BCUT2D eigenvalue weighted by Crippen LogP contribution is -2.39. The third-order valence-electron chi connectivity index (χ3n) is 4.88. The van der Waals surface area contributed by atoms with Crippen LogP contribution in [-0.4, -0.2) is 58.0 Å². The minimum Gasteiger partial charge on any atom is -0.361 e. The number of rotatable bonds is 5. The van der Waals surface area contributed by atoms with Crippen LogP contribution in [-0.2, 0) is 13.0 Å². The van der Waals surface area contributed by atoms with Crippen molar-refractivity contribution in [2.75, 3.05) is 27.2 Å². The normalized spacial score (nSPS) is 15.7. The molecule has 1 amide bonds. The number of carbonyl (C=O) groups excluding carboxylic acids is 1. The van der Waals surface area contributed by atoms with E-state index in [2.05, 4.69) is 20.0 Å². The van der Waals surface area contributed by atoms with Gasteiger partial charge in [-0.1, -0.05) is 5.16 Å². The van der Waals surface area contributed by atoms with E-state index in [0.29, 0.717) is 22.9 Å². The average Bonchev–Trinajstić information content (AvgIpc) is 2.95. The maximum atomic E-state index is 12.7. The molecule has 1 aliphatic rings. The molecule has 1 saturated heterocycles. The van der Waals surface area contributed by atoms with E-state index in [1.807, 2.05) is 38.3 Å².